The standard InChI is InChI=1S/C45H64ClN5O6/c1-27(2)37-13-11-15-39(28(37)3)48-45(55)42-41(29(4)53)40(26-52)57-51(42)24-31-12-10-14-38(43(31)56-9)32-21-33(23-36(22-32)50(7)8)44(54)47-35(25-49(5)6)20-30-16-18-34(46)19-17-30/h10,12,14,16-19,21-23,27-29,35,37,39-42,52-53H,11,13,15,20,24-26H2,1-9H3,(H,47,54)(H,48,55)/t28-,29-,35-,37+,39-,40-,41+,42-/m0/s1. The number of rotatable bonds is 16. The third kappa shape index (κ3) is 10.9. The lowest BCUT2D eigenvalue weighted by Crippen LogP contribution is -2.54. The van der Waals surface area contributed by atoms with E-state index in [1.54, 1.807) is 19.1 Å². The summed E-state index contributed by atoms with van der Waals surface area (Å²) in [6, 6.07) is 18.3. The van der Waals surface area contributed by atoms with Crippen LogP contribution >= 0.6 is 11.6 Å². The molecule has 0 radical (unpaired) electrons. The van der Waals surface area contributed by atoms with Crippen molar-refractivity contribution in [3.8, 4) is 16.9 Å². The molecule has 3 aromatic carbocycles. The first-order chi connectivity index (χ1) is 27.1. The second-order valence-corrected chi connectivity index (χ2v) is 17.3. The SMILES string of the molecule is COc1c(CN2O[C@@H](CO)[C@@H]([C@H](C)O)[C@H]2C(=O)N[C@H]2CCC[C@H](C(C)C)[C@@H]2C)cccc1-c1cc(C(=O)N[C@@H](Cc2ccc(Cl)cc2)CN(C)C)cc(N(C)C)c1. The fourth-order valence-electron chi connectivity index (χ4n) is 8.96. The second kappa shape index (κ2) is 19.8. The minimum Gasteiger partial charge on any atom is -0.496 e. The summed E-state index contributed by atoms with van der Waals surface area (Å²) >= 11 is 6.14. The van der Waals surface area contributed by atoms with Crippen molar-refractivity contribution >= 4 is 29.1 Å². The van der Waals surface area contributed by atoms with Gasteiger partial charge < -0.3 is 35.4 Å². The van der Waals surface area contributed by atoms with Crippen LogP contribution in [0.3, 0.4) is 0 Å². The smallest absolute Gasteiger partial charge is 0.251 e. The molecule has 1 aliphatic carbocycles. The largest absolute Gasteiger partial charge is 0.496 e. The number of amides is 2. The zero-order valence-electron chi connectivity index (χ0n) is 35.2. The molecule has 11 nitrogen and oxygen atoms in total. The Bertz CT molecular complexity index is 1800. The lowest BCUT2D eigenvalue weighted by molar-refractivity contribution is -0.182. The molecule has 1 aliphatic heterocycles. The van der Waals surface area contributed by atoms with Crippen molar-refractivity contribution in [1.82, 2.24) is 20.6 Å². The molecule has 5 rings (SSSR count). The number of hydrogen-bond donors (Lipinski definition) is 4. The number of hydroxylamine groups is 2. The number of likely N-dealkylation sites (N-methyl/N-ethyl adjacent to an activating group) is 1. The van der Waals surface area contributed by atoms with Gasteiger partial charge in [0.15, 0.2) is 0 Å². The van der Waals surface area contributed by atoms with Gasteiger partial charge in [-0.25, -0.2) is 0 Å². The normalized spacial score (nSPS) is 23.7. The number of carbonyl (C=O) groups is 2. The van der Waals surface area contributed by atoms with Crippen LogP contribution < -0.4 is 20.3 Å². The number of aliphatic hydroxyl groups is 2. The zero-order valence-corrected chi connectivity index (χ0v) is 35.9. The van der Waals surface area contributed by atoms with Gasteiger partial charge >= 0.3 is 0 Å². The summed E-state index contributed by atoms with van der Waals surface area (Å²) < 4.78 is 6.11. The Morgan fingerprint density at radius 2 is 1.75 bits per heavy atom. The molecule has 0 bridgehead atoms. The van der Waals surface area contributed by atoms with E-state index in [4.69, 9.17) is 21.2 Å². The summed E-state index contributed by atoms with van der Waals surface area (Å²) in [7, 11) is 9.45. The first-order valence-corrected chi connectivity index (χ1v) is 20.7. The van der Waals surface area contributed by atoms with E-state index in [1.165, 1.54) is 0 Å². The maximum atomic E-state index is 14.3. The molecule has 2 amide bonds. The van der Waals surface area contributed by atoms with E-state index in [1.807, 2.05) is 93.8 Å². The Balaban J connectivity index is 1.45. The maximum Gasteiger partial charge on any atom is 0.251 e. The average molecular weight is 806 g/mol. The van der Waals surface area contributed by atoms with E-state index < -0.39 is 24.2 Å². The quantitative estimate of drug-likeness (QED) is 0.137. The van der Waals surface area contributed by atoms with Gasteiger partial charge in [-0.2, -0.15) is 5.06 Å². The minimum absolute atomic E-state index is 0.00663. The number of benzene rings is 3. The predicted octanol–water partition coefficient (Wildman–Crippen LogP) is 6.04. The number of anilines is 1. The third-order valence-corrected chi connectivity index (χ3v) is 12.1. The first kappa shape index (κ1) is 44.4. The summed E-state index contributed by atoms with van der Waals surface area (Å²) in [6.45, 7) is 8.81. The van der Waals surface area contributed by atoms with Crippen LogP contribution in [0.15, 0.2) is 60.7 Å². The summed E-state index contributed by atoms with van der Waals surface area (Å²) in [5.74, 6) is 0.832. The molecule has 57 heavy (non-hydrogen) atoms. The van der Waals surface area contributed by atoms with Crippen molar-refractivity contribution in [2.75, 3.05) is 53.4 Å². The topological polar surface area (TPSA) is 127 Å². The zero-order chi connectivity index (χ0) is 41.6. The fourth-order valence-corrected chi connectivity index (χ4v) is 9.09. The molecule has 12 heteroatoms. The number of nitrogens with zero attached hydrogens (tertiary/aromatic N) is 3. The van der Waals surface area contributed by atoms with Crippen molar-refractivity contribution in [3.63, 3.8) is 0 Å². The van der Waals surface area contributed by atoms with Crippen LogP contribution in [0.25, 0.3) is 11.1 Å². The number of para-hydroxylation sites is 1. The maximum absolute atomic E-state index is 14.3. The molecule has 312 valence electrons. The van der Waals surface area contributed by atoms with Gasteiger partial charge in [0.2, 0.25) is 5.91 Å². The number of aliphatic hydroxyl groups excluding tert-OH is 2. The molecule has 8 atom stereocenters. The van der Waals surface area contributed by atoms with Crippen LogP contribution in [0, 0.1) is 23.7 Å². The Morgan fingerprint density at radius 1 is 1.04 bits per heavy atom. The number of hydrogen-bond acceptors (Lipinski definition) is 9. The fraction of sp³-hybridized carbons (Fsp3) is 0.556. The Morgan fingerprint density at radius 3 is 2.37 bits per heavy atom. The van der Waals surface area contributed by atoms with Gasteiger partial charge in [-0.1, -0.05) is 69.1 Å². The second-order valence-electron chi connectivity index (χ2n) is 16.9. The summed E-state index contributed by atoms with van der Waals surface area (Å²) in [5.41, 5.74) is 4.71. The van der Waals surface area contributed by atoms with E-state index >= 15 is 0 Å². The van der Waals surface area contributed by atoms with E-state index in [9.17, 15) is 19.8 Å². The van der Waals surface area contributed by atoms with Crippen molar-refractivity contribution < 1.29 is 29.4 Å². The highest BCUT2D eigenvalue weighted by Gasteiger charge is 2.50. The van der Waals surface area contributed by atoms with Gasteiger partial charge in [-0.15, -0.1) is 0 Å². The van der Waals surface area contributed by atoms with Gasteiger partial charge in [0.1, 0.15) is 17.9 Å². The van der Waals surface area contributed by atoms with Gasteiger partial charge in [0.05, 0.1) is 26.4 Å². The lowest BCUT2D eigenvalue weighted by atomic mass is 9.71. The van der Waals surface area contributed by atoms with E-state index in [0.29, 0.717) is 47.1 Å². The van der Waals surface area contributed by atoms with Crippen molar-refractivity contribution in [3.05, 3.63) is 82.4 Å². The van der Waals surface area contributed by atoms with Crippen LogP contribution in [-0.2, 0) is 22.6 Å². The van der Waals surface area contributed by atoms with E-state index in [2.05, 4.69) is 36.3 Å². The number of halogens is 1. The van der Waals surface area contributed by atoms with Crippen molar-refractivity contribution in [1.29, 1.82) is 0 Å². The number of nitrogens with one attached hydrogen (secondary N) is 2. The number of ether oxygens (including phenoxy) is 1. The summed E-state index contributed by atoms with van der Waals surface area (Å²) in [5, 5.41) is 30.2. The van der Waals surface area contributed by atoms with Crippen LogP contribution in [0.5, 0.6) is 5.75 Å². The minimum atomic E-state index is -0.912. The van der Waals surface area contributed by atoms with E-state index in [0.717, 1.165) is 47.2 Å². The van der Waals surface area contributed by atoms with Crippen LogP contribution in [0.1, 0.15) is 68.4 Å². The van der Waals surface area contributed by atoms with Crippen LogP contribution in [0.2, 0.25) is 5.02 Å². The monoisotopic (exact) mass is 805 g/mol. The molecule has 4 N–H and O–H groups in total. The van der Waals surface area contributed by atoms with Gasteiger partial charge in [-0.05, 0) is 99.5 Å². The molecule has 0 unspecified atom stereocenters. The molecule has 0 aromatic heterocycles. The molecule has 3 aromatic rings. The molecule has 2 aliphatic rings. The van der Waals surface area contributed by atoms with Gasteiger partial charge in [0.25, 0.3) is 5.91 Å². The summed E-state index contributed by atoms with van der Waals surface area (Å²) in [4.78, 5) is 38.7. The average Bonchev–Trinajstić information content (AvgIpc) is 3.54. The first-order valence-electron chi connectivity index (χ1n) is 20.3. The Hall–Kier alpha value is -3.71. The van der Waals surface area contributed by atoms with Crippen molar-refractivity contribution in [2.45, 2.75) is 90.3 Å². The third-order valence-electron chi connectivity index (χ3n) is 11.9. The molecule has 2 fully saturated rings. The molecule has 1 saturated carbocycles. The van der Waals surface area contributed by atoms with Gasteiger partial charge in [-0.3, -0.25) is 14.4 Å². The van der Waals surface area contributed by atoms with Crippen LogP contribution in [-0.4, -0.2) is 111 Å². The highest BCUT2D eigenvalue weighted by atomic mass is 35.5. The Labute approximate surface area is 344 Å². The highest BCUT2D eigenvalue weighted by Crippen LogP contribution is 2.40. The number of methoxy groups -OCH3 is 1. The molecule has 1 heterocycles. The molecule has 0 spiro atoms. The van der Waals surface area contributed by atoms with Crippen molar-refractivity contribution in [2.24, 2.45) is 23.7 Å². The predicted molar refractivity (Wildman–Crippen MR) is 227 cm³/mol. The number of carbonyl (C=O) groups excluding carboxylic acids is 2. The molecule has 1 saturated heterocycles. The lowest BCUT2D eigenvalue weighted by Gasteiger charge is -2.39. The van der Waals surface area contributed by atoms with Gasteiger partial charge in [0, 0.05) is 66.0 Å². The summed E-state index contributed by atoms with van der Waals surface area (Å²) in [6.07, 6.45) is 2.05. The van der Waals surface area contributed by atoms with Crippen LogP contribution in [0.4, 0.5) is 5.69 Å². The highest BCUT2D eigenvalue weighted by molar-refractivity contribution is 6.30. The van der Waals surface area contributed by atoms with E-state index in [-0.39, 0.29) is 37.0 Å². The Kier molecular flexibility index (Phi) is 15.4. The molecular weight excluding hydrogens is 742 g/mol. The molecular formula is C45H64ClN5O6.